The lowest BCUT2D eigenvalue weighted by atomic mass is 10.2. The second-order valence-corrected chi connectivity index (χ2v) is 3.90. The molecule has 0 fully saturated rings. The molecule has 0 N–H and O–H groups in total. The van der Waals surface area contributed by atoms with Gasteiger partial charge < -0.3 is 4.74 Å². The summed E-state index contributed by atoms with van der Waals surface area (Å²) in [6, 6.07) is 3.63. The fourth-order valence-electron chi connectivity index (χ4n) is 1.58. The molecule has 0 atom stereocenters. The normalized spacial score (nSPS) is 10.2. The maximum Gasteiger partial charge on any atom is 0.311 e. The molecule has 108 valence electrons. The maximum atomic E-state index is 13.6. The molecule has 0 aliphatic carbocycles. The first-order chi connectivity index (χ1) is 9.92. The first kappa shape index (κ1) is 14.5. The van der Waals surface area contributed by atoms with Crippen LogP contribution in [0.2, 0.25) is 0 Å². The molecule has 0 saturated carbocycles. The Morgan fingerprint density at radius 3 is 2.24 bits per heavy atom. The van der Waals surface area contributed by atoms with Gasteiger partial charge in [-0.25, -0.2) is 13.2 Å². The van der Waals surface area contributed by atoms with E-state index in [2.05, 4.69) is 0 Å². The summed E-state index contributed by atoms with van der Waals surface area (Å²) in [6.45, 7) is 0. The number of nitrogens with zero attached hydrogens (tertiary/aromatic N) is 1. The van der Waals surface area contributed by atoms with E-state index in [1.54, 1.807) is 0 Å². The van der Waals surface area contributed by atoms with Crippen molar-refractivity contribution >= 4 is 12.0 Å². The van der Waals surface area contributed by atoms with Crippen LogP contribution in [0.15, 0.2) is 30.3 Å². The molecule has 2 rings (SSSR count). The fraction of sp³-hybridized carbons (Fsp3) is 0. The molecule has 0 unspecified atom stereocenters. The molecule has 2 aromatic carbocycles. The number of hydrogen-bond donors (Lipinski definition) is 0. The lowest BCUT2D eigenvalue weighted by Gasteiger charge is -2.08. The number of nitro groups is 1. The van der Waals surface area contributed by atoms with Crippen LogP contribution in [0.1, 0.15) is 10.4 Å². The van der Waals surface area contributed by atoms with Crippen molar-refractivity contribution in [2.24, 2.45) is 0 Å². The Balaban J connectivity index is 2.50. The predicted octanol–water partition coefficient (Wildman–Crippen LogP) is 3.62. The summed E-state index contributed by atoms with van der Waals surface area (Å²) in [5.41, 5.74) is -0.930. The monoisotopic (exact) mass is 297 g/mol. The molecule has 8 heteroatoms. The van der Waals surface area contributed by atoms with Gasteiger partial charge in [-0.2, -0.15) is 0 Å². The maximum absolute atomic E-state index is 13.6. The van der Waals surface area contributed by atoms with Crippen molar-refractivity contribution in [1.82, 2.24) is 0 Å². The predicted molar refractivity (Wildman–Crippen MR) is 64.9 cm³/mol. The summed E-state index contributed by atoms with van der Waals surface area (Å²) in [5, 5.41) is 10.8. The standard InChI is InChI=1S/C13H6F3NO4/c14-8-1-2-11(17(19)20)12(5-8)21-13-9(15)3-7(6-18)4-10(13)16/h1-6H. The van der Waals surface area contributed by atoms with Gasteiger partial charge in [0.15, 0.2) is 17.4 Å². The fourth-order valence-corrected chi connectivity index (χ4v) is 1.58. The van der Waals surface area contributed by atoms with Crippen molar-refractivity contribution in [3.63, 3.8) is 0 Å². The van der Waals surface area contributed by atoms with Crippen molar-refractivity contribution in [3.8, 4) is 11.5 Å². The Morgan fingerprint density at radius 1 is 1.10 bits per heavy atom. The summed E-state index contributed by atoms with van der Waals surface area (Å²) in [5.74, 6) is -4.97. The number of aldehydes is 1. The van der Waals surface area contributed by atoms with Crippen LogP contribution in [0.25, 0.3) is 0 Å². The van der Waals surface area contributed by atoms with Gasteiger partial charge in [-0.05, 0) is 18.2 Å². The van der Waals surface area contributed by atoms with E-state index in [9.17, 15) is 28.1 Å². The average molecular weight is 297 g/mol. The van der Waals surface area contributed by atoms with E-state index in [1.165, 1.54) is 0 Å². The van der Waals surface area contributed by atoms with Crippen LogP contribution >= 0.6 is 0 Å². The quantitative estimate of drug-likeness (QED) is 0.491. The zero-order valence-electron chi connectivity index (χ0n) is 10.2. The van der Waals surface area contributed by atoms with Gasteiger partial charge in [0.2, 0.25) is 5.75 Å². The second kappa shape index (κ2) is 5.61. The van der Waals surface area contributed by atoms with Crippen LogP contribution < -0.4 is 4.74 Å². The Bertz CT molecular complexity index is 710. The third-order valence-corrected chi connectivity index (χ3v) is 2.49. The highest BCUT2D eigenvalue weighted by Gasteiger charge is 2.21. The third kappa shape index (κ3) is 2.99. The van der Waals surface area contributed by atoms with Gasteiger partial charge in [-0.1, -0.05) is 0 Å². The van der Waals surface area contributed by atoms with Gasteiger partial charge in [0.1, 0.15) is 12.1 Å². The van der Waals surface area contributed by atoms with Crippen LogP contribution in [0.4, 0.5) is 18.9 Å². The topological polar surface area (TPSA) is 69.4 Å². The van der Waals surface area contributed by atoms with Gasteiger partial charge in [0.05, 0.1) is 4.92 Å². The SMILES string of the molecule is O=Cc1cc(F)c(Oc2cc(F)ccc2[N+](=O)[O-])c(F)c1. The molecule has 0 radical (unpaired) electrons. The third-order valence-electron chi connectivity index (χ3n) is 2.49. The number of hydrogen-bond acceptors (Lipinski definition) is 4. The van der Waals surface area contributed by atoms with Crippen LogP contribution in [0, 0.1) is 27.6 Å². The number of carbonyl (C=O) groups excluding carboxylic acids is 1. The molecule has 2 aromatic rings. The van der Waals surface area contributed by atoms with E-state index < -0.39 is 39.6 Å². The molecular weight excluding hydrogens is 291 g/mol. The van der Waals surface area contributed by atoms with E-state index in [1.807, 2.05) is 0 Å². The van der Waals surface area contributed by atoms with Crippen LogP contribution in [-0.4, -0.2) is 11.2 Å². The number of benzene rings is 2. The summed E-state index contributed by atoms with van der Waals surface area (Å²) in [4.78, 5) is 20.3. The smallest absolute Gasteiger partial charge is 0.311 e. The minimum absolute atomic E-state index is 0.223. The number of nitro benzene ring substituents is 1. The van der Waals surface area contributed by atoms with Crippen molar-refractivity contribution in [1.29, 1.82) is 0 Å². The minimum atomic E-state index is -1.24. The molecular formula is C13H6F3NO4. The van der Waals surface area contributed by atoms with Gasteiger partial charge in [0.25, 0.3) is 0 Å². The van der Waals surface area contributed by atoms with Crippen LogP contribution in [0.5, 0.6) is 11.5 Å². The first-order valence-corrected chi connectivity index (χ1v) is 5.48. The Kier molecular flexibility index (Phi) is 3.88. The minimum Gasteiger partial charge on any atom is -0.444 e. The van der Waals surface area contributed by atoms with Crippen molar-refractivity contribution < 1.29 is 27.6 Å². The lowest BCUT2D eigenvalue weighted by Crippen LogP contribution is -1.98. The first-order valence-electron chi connectivity index (χ1n) is 5.48. The highest BCUT2D eigenvalue weighted by Crippen LogP contribution is 2.34. The van der Waals surface area contributed by atoms with Crippen molar-refractivity contribution in [2.45, 2.75) is 0 Å². The molecule has 0 spiro atoms. The number of rotatable bonds is 4. The number of halogens is 3. The van der Waals surface area contributed by atoms with Crippen molar-refractivity contribution in [2.75, 3.05) is 0 Å². The summed E-state index contributed by atoms with van der Waals surface area (Å²) in [6.07, 6.45) is 0.223. The van der Waals surface area contributed by atoms with Gasteiger partial charge in [0, 0.05) is 17.7 Å². The highest BCUT2D eigenvalue weighted by molar-refractivity contribution is 5.75. The van der Waals surface area contributed by atoms with Gasteiger partial charge >= 0.3 is 5.69 Å². The summed E-state index contributed by atoms with van der Waals surface area (Å²) in [7, 11) is 0. The molecule has 21 heavy (non-hydrogen) atoms. The Hall–Kier alpha value is -2.90. The molecule has 0 aliphatic rings. The second-order valence-electron chi connectivity index (χ2n) is 3.90. The average Bonchev–Trinajstić information content (AvgIpc) is 2.42. The Morgan fingerprint density at radius 2 is 1.71 bits per heavy atom. The molecule has 0 aliphatic heterocycles. The molecule has 5 nitrogen and oxygen atoms in total. The van der Waals surface area contributed by atoms with Gasteiger partial charge in [-0.3, -0.25) is 14.9 Å². The van der Waals surface area contributed by atoms with Crippen LogP contribution in [-0.2, 0) is 0 Å². The van der Waals surface area contributed by atoms with E-state index >= 15 is 0 Å². The molecule has 0 heterocycles. The van der Waals surface area contributed by atoms with E-state index in [0.29, 0.717) is 18.2 Å². The largest absolute Gasteiger partial charge is 0.444 e. The Labute approximate surface area is 115 Å². The molecule has 0 amide bonds. The zero-order valence-corrected chi connectivity index (χ0v) is 10.2. The van der Waals surface area contributed by atoms with Gasteiger partial charge in [-0.15, -0.1) is 0 Å². The number of carbonyl (C=O) groups is 1. The highest BCUT2D eigenvalue weighted by atomic mass is 19.1. The summed E-state index contributed by atoms with van der Waals surface area (Å²) < 4.78 is 45.1. The summed E-state index contributed by atoms with van der Waals surface area (Å²) >= 11 is 0. The molecule has 0 bridgehead atoms. The molecule has 0 saturated heterocycles. The zero-order chi connectivity index (χ0) is 15.6. The number of ether oxygens (including phenoxy) is 1. The van der Waals surface area contributed by atoms with Crippen molar-refractivity contribution in [3.05, 3.63) is 63.5 Å². The van der Waals surface area contributed by atoms with Crippen LogP contribution in [0.3, 0.4) is 0 Å². The van der Waals surface area contributed by atoms with E-state index in [0.717, 1.165) is 12.1 Å². The van der Waals surface area contributed by atoms with E-state index in [-0.39, 0.29) is 11.8 Å². The van der Waals surface area contributed by atoms with E-state index in [4.69, 9.17) is 4.74 Å². The molecule has 0 aromatic heterocycles. The lowest BCUT2D eigenvalue weighted by molar-refractivity contribution is -0.385.